The van der Waals surface area contributed by atoms with Crippen LogP contribution in [0.15, 0.2) is 53.7 Å². The smallest absolute Gasteiger partial charge is 0.237 e. The molecule has 3 rings (SSSR count). The summed E-state index contributed by atoms with van der Waals surface area (Å²) in [6.45, 7) is 4.56. The zero-order valence-electron chi connectivity index (χ0n) is 15.8. The third-order valence-corrected chi connectivity index (χ3v) is 5.46. The van der Waals surface area contributed by atoms with Gasteiger partial charge in [0.25, 0.3) is 0 Å². The van der Waals surface area contributed by atoms with Crippen molar-refractivity contribution in [1.82, 2.24) is 14.8 Å². The molecule has 0 aliphatic heterocycles. The van der Waals surface area contributed by atoms with Gasteiger partial charge in [0.05, 0.1) is 12.4 Å². The van der Waals surface area contributed by atoms with E-state index in [2.05, 4.69) is 15.5 Å². The Kier molecular flexibility index (Phi) is 6.59. The van der Waals surface area contributed by atoms with Crippen LogP contribution in [0.2, 0.25) is 5.02 Å². The number of carbonyl (C=O) groups is 1. The van der Waals surface area contributed by atoms with Crippen LogP contribution in [0.3, 0.4) is 0 Å². The van der Waals surface area contributed by atoms with Crippen molar-refractivity contribution in [2.24, 2.45) is 0 Å². The Morgan fingerprint density at radius 1 is 1.25 bits per heavy atom. The van der Waals surface area contributed by atoms with Crippen molar-refractivity contribution in [3.8, 4) is 17.1 Å². The number of thioether (sulfide) groups is 1. The van der Waals surface area contributed by atoms with Crippen molar-refractivity contribution < 1.29 is 9.53 Å². The molecule has 3 aromatic rings. The van der Waals surface area contributed by atoms with Crippen molar-refractivity contribution in [2.75, 3.05) is 12.4 Å². The highest BCUT2D eigenvalue weighted by Crippen LogP contribution is 2.28. The van der Waals surface area contributed by atoms with E-state index < -0.39 is 0 Å². The Morgan fingerprint density at radius 3 is 2.68 bits per heavy atom. The van der Waals surface area contributed by atoms with Crippen LogP contribution >= 0.6 is 23.4 Å². The molecule has 146 valence electrons. The molecule has 0 aliphatic carbocycles. The predicted octanol–water partition coefficient (Wildman–Crippen LogP) is 4.75. The minimum absolute atomic E-state index is 0.114. The van der Waals surface area contributed by atoms with Crippen molar-refractivity contribution in [1.29, 1.82) is 0 Å². The van der Waals surface area contributed by atoms with Gasteiger partial charge in [0.1, 0.15) is 5.75 Å². The molecule has 0 fully saturated rings. The molecule has 6 nitrogen and oxygen atoms in total. The van der Waals surface area contributed by atoms with Crippen LogP contribution in [-0.2, 0) is 11.3 Å². The first-order chi connectivity index (χ1) is 13.5. The SMILES string of the molecule is CCn1c(S[C@H](C)C(=O)Nc2cccc(OC)c2)nnc1-c1ccc(Cl)cc1. The summed E-state index contributed by atoms with van der Waals surface area (Å²) in [6, 6.07) is 14.7. The first-order valence-corrected chi connectivity index (χ1v) is 10.1. The number of anilines is 1. The lowest BCUT2D eigenvalue weighted by Gasteiger charge is -2.13. The molecule has 2 aromatic carbocycles. The number of carbonyl (C=O) groups excluding carboxylic acids is 1. The molecular formula is C20H21ClN4O2S. The Hall–Kier alpha value is -2.51. The van der Waals surface area contributed by atoms with Crippen molar-refractivity contribution in [3.63, 3.8) is 0 Å². The number of halogens is 1. The Bertz CT molecular complexity index is 959. The molecule has 0 spiro atoms. The molecule has 0 aliphatic rings. The van der Waals surface area contributed by atoms with Crippen molar-refractivity contribution in [3.05, 3.63) is 53.6 Å². The lowest BCUT2D eigenvalue weighted by atomic mass is 10.2. The van der Waals surface area contributed by atoms with Gasteiger partial charge in [0.2, 0.25) is 5.91 Å². The highest BCUT2D eigenvalue weighted by Gasteiger charge is 2.20. The second-order valence-corrected chi connectivity index (χ2v) is 7.78. The van der Waals surface area contributed by atoms with Gasteiger partial charge in [-0.15, -0.1) is 10.2 Å². The van der Waals surface area contributed by atoms with Crippen LogP contribution in [0.5, 0.6) is 5.75 Å². The van der Waals surface area contributed by atoms with Crippen LogP contribution in [0.1, 0.15) is 13.8 Å². The molecule has 1 atom stereocenters. The lowest BCUT2D eigenvalue weighted by molar-refractivity contribution is -0.115. The molecule has 0 saturated carbocycles. The zero-order valence-corrected chi connectivity index (χ0v) is 17.4. The van der Waals surface area contributed by atoms with Crippen LogP contribution in [0.4, 0.5) is 5.69 Å². The van der Waals surface area contributed by atoms with Crippen LogP contribution in [0.25, 0.3) is 11.4 Å². The minimum atomic E-state index is -0.348. The number of nitrogens with zero attached hydrogens (tertiary/aromatic N) is 3. The lowest BCUT2D eigenvalue weighted by Crippen LogP contribution is -2.23. The van der Waals surface area contributed by atoms with Gasteiger partial charge in [-0.25, -0.2) is 0 Å². The third kappa shape index (κ3) is 4.66. The number of nitrogens with one attached hydrogen (secondary N) is 1. The molecule has 1 heterocycles. The number of hydrogen-bond donors (Lipinski definition) is 1. The van der Waals surface area contributed by atoms with Gasteiger partial charge in [0.15, 0.2) is 11.0 Å². The second kappa shape index (κ2) is 9.12. The summed E-state index contributed by atoms with van der Waals surface area (Å²) in [7, 11) is 1.59. The van der Waals surface area contributed by atoms with E-state index in [9.17, 15) is 4.79 Å². The average molecular weight is 417 g/mol. The molecule has 0 saturated heterocycles. The molecule has 8 heteroatoms. The number of amides is 1. The van der Waals surface area contributed by atoms with Crippen LogP contribution in [0, 0.1) is 0 Å². The van der Waals surface area contributed by atoms with E-state index >= 15 is 0 Å². The number of methoxy groups -OCH3 is 1. The standard InChI is InChI=1S/C20H21ClN4O2S/c1-4-25-18(14-8-10-15(21)11-9-14)23-24-20(25)28-13(2)19(26)22-16-6-5-7-17(12-16)27-3/h5-13H,4H2,1-3H3,(H,22,26)/t13-/m1/s1. The summed E-state index contributed by atoms with van der Waals surface area (Å²) in [4.78, 5) is 12.6. The van der Waals surface area contributed by atoms with Gasteiger partial charge in [-0.2, -0.15) is 0 Å². The maximum absolute atomic E-state index is 12.6. The Morgan fingerprint density at radius 2 is 2.00 bits per heavy atom. The van der Waals surface area contributed by atoms with Gasteiger partial charge < -0.3 is 14.6 Å². The van der Waals surface area contributed by atoms with Gasteiger partial charge in [-0.3, -0.25) is 4.79 Å². The fourth-order valence-electron chi connectivity index (χ4n) is 2.63. The summed E-state index contributed by atoms with van der Waals surface area (Å²) in [5, 5.41) is 12.5. The molecule has 0 unspecified atom stereocenters. The first-order valence-electron chi connectivity index (χ1n) is 8.82. The number of rotatable bonds is 7. The van der Waals surface area contributed by atoms with Crippen molar-refractivity contribution in [2.45, 2.75) is 30.8 Å². The number of hydrogen-bond acceptors (Lipinski definition) is 5. The van der Waals surface area contributed by atoms with E-state index in [1.54, 1.807) is 13.2 Å². The van der Waals surface area contributed by atoms with E-state index in [4.69, 9.17) is 16.3 Å². The number of benzene rings is 2. The number of ether oxygens (including phenoxy) is 1. The van der Waals surface area contributed by atoms with Gasteiger partial charge >= 0.3 is 0 Å². The summed E-state index contributed by atoms with van der Waals surface area (Å²) >= 11 is 7.34. The van der Waals surface area contributed by atoms with Crippen LogP contribution < -0.4 is 10.1 Å². The summed E-state index contributed by atoms with van der Waals surface area (Å²) in [6.07, 6.45) is 0. The highest BCUT2D eigenvalue weighted by atomic mass is 35.5. The Labute approximate surface area is 173 Å². The molecule has 0 bridgehead atoms. The topological polar surface area (TPSA) is 69.0 Å². The Balaban J connectivity index is 1.73. The molecule has 1 amide bonds. The molecular weight excluding hydrogens is 396 g/mol. The van der Waals surface area contributed by atoms with Gasteiger partial charge in [-0.1, -0.05) is 29.4 Å². The predicted molar refractivity (Wildman–Crippen MR) is 113 cm³/mol. The third-order valence-electron chi connectivity index (χ3n) is 4.12. The maximum Gasteiger partial charge on any atom is 0.237 e. The average Bonchev–Trinajstić information content (AvgIpc) is 3.11. The van der Waals surface area contributed by atoms with Gasteiger partial charge in [-0.05, 0) is 50.2 Å². The first kappa shape index (κ1) is 20.2. The summed E-state index contributed by atoms with van der Waals surface area (Å²) in [5.41, 5.74) is 1.62. The van der Waals surface area contributed by atoms with E-state index in [-0.39, 0.29) is 11.2 Å². The fourth-order valence-corrected chi connectivity index (χ4v) is 3.67. The van der Waals surface area contributed by atoms with E-state index in [0.717, 1.165) is 11.4 Å². The summed E-state index contributed by atoms with van der Waals surface area (Å²) in [5.74, 6) is 1.33. The van der Waals surface area contributed by atoms with E-state index in [1.165, 1.54) is 11.8 Å². The van der Waals surface area contributed by atoms with E-state index in [0.29, 0.717) is 28.2 Å². The molecule has 1 aromatic heterocycles. The van der Waals surface area contributed by atoms with Crippen LogP contribution in [-0.4, -0.2) is 33.0 Å². The quantitative estimate of drug-likeness (QED) is 0.563. The van der Waals surface area contributed by atoms with E-state index in [1.807, 2.05) is 60.9 Å². The molecule has 28 heavy (non-hydrogen) atoms. The second-order valence-electron chi connectivity index (χ2n) is 6.04. The zero-order chi connectivity index (χ0) is 20.1. The van der Waals surface area contributed by atoms with Crippen molar-refractivity contribution >= 4 is 35.0 Å². The number of aromatic nitrogens is 3. The minimum Gasteiger partial charge on any atom is -0.497 e. The monoisotopic (exact) mass is 416 g/mol. The normalized spacial score (nSPS) is 11.9. The van der Waals surface area contributed by atoms with Gasteiger partial charge in [0, 0.05) is 28.9 Å². The largest absolute Gasteiger partial charge is 0.497 e. The maximum atomic E-state index is 12.6. The fraction of sp³-hybridized carbons (Fsp3) is 0.250. The summed E-state index contributed by atoms with van der Waals surface area (Å²) < 4.78 is 7.18. The molecule has 0 radical (unpaired) electrons. The molecule has 1 N–H and O–H groups in total. The highest BCUT2D eigenvalue weighted by molar-refractivity contribution is 8.00.